The fraction of sp³-hybridized carbons (Fsp3) is 0.583. The molecule has 0 aliphatic heterocycles. The minimum Gasteiger partial charge on any atom is -0.303 e. The summed E-state index contributed by atoms with van der Waals surface area (Å²) in [6.45, 7) is 5.90. The maximum absolute atomic E-state index is 9.50. The van der Waals surface area contributed by atoms with Crippen molar-refractivity contribution in [3.63, 3.8) is 0 Å². The number of carbonyl (C=O) groups excluding carboxylic acids is 1. The van der Waals surface area contributed by atoms with Gasteiger partial charge in [0.2, 0.25) is 0 Å². The zero-order valence-corrected chi connectivity index (χ0v) is 8.92. The summed E-state index contributed by atoms with van der Waals surface area (Å²) in [4.78, 5) is 9.50. The maximum Gasteiger partial charge on any atom is 0.122 e. The van der Waals surface area contributed by atoms with E-state index in [1.807, 2.05) is 13.8 Å². The van der Waals surface area contributed by atoms with Gasteiger partial charge in [-0.05, 0) is 19.3 Å². The van der Waals surface area contributed by atoms with E-state index in [2.05, 4.69) is 25.2 Å². The van der Waals surface area contributed by atoms with Crippen LogP contribution in [0.25, 0.3) is 0 Å². The average molecular weight is 180 g/mol. The summed E-state index contributed by atoms with van der Waals surface area (Å²) >= 11 is 0. The van der Waals surface area contributed by atoms with Gasteiger partial charge in [0.1, 0.15) is 6.29 Å². The van der Waals surface area contributed by atoms with Crippen LogP contribution in [0.1, 0.15) is 40.0 Å². The molecule has 0 radical (unpaired) electrons. The first kappa shape index (κ1) is 12.2. The molecular formula is C12H20O. The molecule has 0 bridgehead atoms. The predicted octanol–water partition coefficient (Wildman–Crippen LogP) is 3.51. The van der Waals surface area contributed by atoms with Crippen molar-refractivity contribution in [1.82, 2.24) is 0 Å². The first-order valence-electron chi connectivity index (χ1n) is 5.01. The van der Waals surface area contributed by atoms with E-state index in [-0.39, 0.29) is 5.92 Å². The minimum atomic E-state index is 0.204. The Labute approximate surface area is 81.5 Å². The standard InChI is InChI=1S/C8H12.C4H8O/c1-2-8-6-4-3-5-7-8;1-4(2)3-5/h4,6-7H,2-3,5H2,1H3;3-4H,1-2H3. The fourth-order valence-corrected chi connectivity index (χ4v) is 0.930. The molecule has 0 atom stereocenters. The molecule has 0 N–H and O–H groups in total. The van der Waals surface area contributed by atoms with Crippen molar-refractivity contribution in [2.75, 3.05) is 0 Å². The van der Waals surface area contributed by atoms with E-state index in [0.29, 0.717) is 0 Å². The van der Waals surface area contributed by atoms with Crippen LogP contribution in [-0.4, -0.2) is 6.29 Å². The SMILES string of the molecule is CC(C)C=O.CCC1=CCCC=C1. The van der Waals surface area contributed by atoms with E-state index >= 15 is 0 Å². The number of allylic oxidation sites excluding steroid dienone is 4. The van der Waals surface area contributed by atoms with Gasteiger partial charge in [0.05, 0.1) is 0 Å². The van der Waals surface area contributed by atoms with E-state index < -0.39 is 0 Å². The highest BCUT2D eigenvalue weighted by molar-refractivity contribution is 5.51. The van der Waals surface area contributed by atoms with Crippen LogP contribution in [0.3, 0.4) is 0 Å². The van der Waals surface area contributed by atoms with E-state index in [0.717, 1.165) is 6.29 Å². The third-order valence-electron chi connectivity index (χ3n) is 1.75. The van der Waals surface area contributed by atoms with E-state index in [4.69, 9.17) is 0 Å². The van der Waals surface area contributed by atoms with Crippen molar-refractivity contribution in [2.24, 2.45) is 5.92 Å². The van der Waals surface area contributed by atoms with Gasteiger partial charge in [-0.15, -0.1) is 0 Å². The summed E-state index contributed by atoms with van der Waals surface area (Å²) < 4.78 is 0. The van der Waals surface area contributed by atoms with Crippen LogP contribution >= 0.6 is 0 Å². The van der Waals surface area contributed by atoms with Crippen LogP contribution in [0.4, 0.5) is 0 Å². The number of aldehydes is 1. The predicted molar refractivity (Wildman–Crippen MR) is 57.7 cm³/mol. The van der Waals surface area contributed by atoms with Crippen LogP contribution in [0, 0.1) is 5.92 Å². The third-order valence-corrected chi connectivity index (χ3v) is 1.75. The Bertz CT molecular complexity index is 187. The van der Waals surface area contributed by atoms with Crippen molar-refractivity contribution >= 4 is 6.29 Å². The van der Waals surface area contributed by atoms with Gasteiger partial charge in [0, 0.05) is 5.92 Å². The zero-order chi connectivity index (χ0) is 10.1. The number of rotatable bonds is 2. The molecule has 0 saturated carbocycles. The highest BCUT2D eigenvalue weighted by Gasteiger charge is 1.90. The topological polar surface area (TPSA) is 17.1 Å². The second-order valence-corrected chi connectivity index (χ2v) is 3.49. The summed E-state index contributed by atoms with van der Waals surface area (Å²) in [5.41, 5.74) is 1.50. The van der Waals surface area contributed by atoms with Crippen LogP contribution in [0.5, 0.6) is 0 Å². The van der Waals surface area contributed by atoms with Crippen LogP contribution < -0.4 is 0 Å². The van der Waals surface area contributed by atoms with Gasteiger partial charge in [-0.1, -0.05) is 44.6 Å². The Morgan fingerprint density at radius 1 is 1.46 bits per heavy atom. The molecule has 1 nitrogen and oxygen atoms in total. The summed E-state index contributed by atoms with van der Waals surface area (Å²) in [5, 5.41) is 0. The Morgan fingerprint density at radius 3 is 2.31 bits per heavy atom. The molecule has 0 unspecified atom stereocenters. The lowest BCUT2D eigenvalue weighted by Gasteiger charge is -2.01. The van der Waals surface area contributed by atoms with Crippen LogP contribution in [0.2, 0.25) is 0 Å². The third kappa shape index (κ3) is 7.51. The van der Waals surface area contributed by atoms with Gasteiger partial charge in [-0.2, -0.15) is 0 Å². The molecule has 0 aromatic heterocycles. The monoisotopic (exact) mass is 180 g/mol. The number of carbonyl (C=O) groups is 1. The van der Waals surface area contributed by atoms with E-state index in [1.165, 1.54) is 24.8 Å². The molecule has 1 heteroatoms. The molecule has 1 aliphatic carbocycles. The van der Waals surface area contributed by atoms with Crippen molar-refractivity contribution < 1.29 is 4.79 Å². The first-order chi connectivity index (χ1) is 6.20. The second kappa shape index (κ2) is 7.78. The highest BCUT2D eigenvalue weighted by atomic mass is 16.1. The summed E-state index contributed by atoms with van der Waals surface area (Å²) in [6, 6.07) is 0. The second-order valence-electron chi connectivity index (χ2n) is 3.49. The Kier molecular flexibility index (Phi) is 7.27. The Hall–Kier alpha value is -0.850. The molecule has 0 amide bonds. The van der Waals surface area contributed by atoms with Gasteiger partial charge in [0.15, 0.2) is 0 Å². The molecule has 1 rings (SSSR count). The summed E-state index contributed by atoms with van der Waals surface area (Å²) in [7, 11) is 0. The van der Waals surface area contributed by atoms with Gasteiger partial charge in [-0.25, -0.2) is 0 Å². The average Bonchev–Trinajstić information content (AvgIpc) is 2.20. The van der Waals surface area contributed by atoms with Gasteiger partial charge < -0.3 is 4.79 Å². The van der Waals surface area contributed by atoms with Gasteiger partial charge in [-0.3, -0.25) is 0 Å². The molecule has 0 spiro atoms. The summed E-state index contributed by atoms with van der Waals surface area (Å²) in [6.07, 6.45) is 11.4. The fourth-order valence-electron chi connectivity index (χ4n) is 0.930. The molecule has 13 heavy (non-hydrogen) atoms. The Morgan fingerprint density at radius 2 is 2.08 bits per heavy atom. The van der Waals surface area contributed by atoms with Crippen molar-refractivity contribution in [3.8, 4) is 0 Å². The summed E-state index contributed by atoms with van der Waals surface area (Å²) in [5.74, 6) is 0.204. The van der Waals surface area contributed by atoms with Crippen molar-refractivity contribution in [1.29, 1.82) is 0 Å². The smallest absolute Gasteiger partial charge is 0.122 e. The minimum absolute atomic E-state index is 0.204. The molecule has 0 heterocycles. The maximum atomic E-state index is 9.50. The van der Waals surface area contributed by atoms with Crippen LogP contribution in [-0.2, 0) is 4.79 Å². The molecular weight excluding hydrogens is 160 g/mol. The lowest BCUT2D eigenvalue weighted by atomic mass is 10.1. The molecule has 0 saturated heterocycles. The Balaban J connectivity index is 0.000000252. The van der Waals surface area contributed by atoms with E-state index in [9.17, 15) is 4.79 Å². The van der Waals surface area contributed by atoms with E-state index in [1.54, 1.807) is 0 Å². The van der Waals surface area contributed by atoms with Gasteiger partial charge >= 0.3 is 0 Å². The molecule has 0 aromatic carbocycles. The number of hydrogen-bond donors (Lipinski definition) is 0. The molecule has 0 fully saturated rings. The molecule has 0 aromatic rings. The lowest BCUT2D eigenvalue weighted by Crippen LogP contribution is -1.82. The lowest BCUT2D eigenvalue weighted by molar-refractivity contribution is -0.110. The number of hydrogen-bond acceptors (Lipinski definition) is 1. The first-order valence-corrected chi connectivity index (χ1v) is 5.01. The van der Waals surface area contributed by atoms with Crippen LogP contribution in [0.15, 0.2) is 23.8 Å². The highest BCUT2D eigenvalue weighted by Crippen LogP contribution is 2.11. The van der Waals surface area contributed by atoms with Crippen molar-refractivity contribution in [2.45, 2.75) is 40.0 Å². The largest absolute Gasteiger partial charge is 0.303 e. The van der Waals surface area contributed by atoms with Crippen molar-refractivity contribution in [3.05, 3.63) is 23.8 Å². The van der Waals surface area contributed by atoms with Gasteiger partial charge in [0.25, 0.3) is 0 Å². The molecule has 1 aliphatic rings. The quantitative estimate of drug-likeness (QED) is 0.594. The zero-order valence-electron chi connectivity index (χ0n) is 8.92. The molecule has 74 valence electrons. The normalized spacial score (nSPS) is 14.6.